The third-order valence-corrected chi connectivity index (χ3v) is 3.93. The molecule has 6 nitrogen and oxygen atoms in total. The fourth-order valence-electron chi connectivity index (χ4n) is 2.25. The average molecular weight is 406 g/mol. The van der Waals surface area contributed by atoms with E-state index in [1.807, 2.05) is 33.8 Å². The van der Waals surface area contributed by atoms with Crippen molar-refractivity contribution in [2.24, 2.45) is 5.92 Å². The molecule has 0 atom stereocenters. The molecule has 0 N–H and O–H groups in total. The van der Waals surface area contributed by atoms with Crippen molar-refractivity contribution in [1.82, 2.24) is 0 Å². The number of rotatable bonds is 12. The number of carbonyl (C=O) groups excluding carboxylic acids is 2. The molecular formula is C23H35NO5. The van der Waals surface area contributed by atoms with Gasteiger partial charge in [0.25, 0.3) is 0 Å². The standard InChI is InChI=1S/C14H26O4.C9H9NO/c1-4-7-10-17-13(15)12(9-6-3)14(16)18-11-8-5-2;1-2-11-9-5-3-8(7-10)4-6-9/h12H,4-11H2,1-3H3;3-6H,2H2,1H3. The first-order chi connectivity index (χ1) is 14.0. The fraction of sp³-hybridized carbons (Fsp3) is 0.609. The minimum Gasteiger partial charge on any atom is -0.494 e. The Kier molecular flexibility index (Phi) is 16.0. The van der Waals surface area contributed by atoms with Crippen LogP contribution in [0.5, 0.6) is 5.75 Å². The Bertz CT molecular complexity index is 585. The Labute approximate surface area is 175 Å². The van der Waals surface area contributed by atoms with Crippen LogP contribution in [0.2, 0.25) is 0 Å². The third kappa shape index (κ3) is 12.5. The molecule has 0 aromatic heterocycles. The molecule has 0 saturated heterocycles. The molecule has 0 fully saturated rings. The molecule has 1 aromatic carbocycles. The molecule has 0 radical (unpaired) electrons. The molecule has 0 bridgehead atoms. The quantitative estimate of drug-likeness (QED) is 0.275. The largest absolute Gasteiger partial charge is 0.494 e. The predicted molar refractivity (Wildman–Crippen MR) is 112 cm³/mol. The first-order valence-corrected chi connectivity index (χ1v) is 10.5. The number of nitrogens with zero attached hydrogens (tertiary/aromatic N) is 1. The van der Waals surface area contributed by atoms with Gasteiger partial charge in [-0.2, -0.15) is 5.26 Å². The van der Waals surface area contributed by atoms with E-state index in [4.69, 9.17) is 19.5 Å². The number of hydrogen-bond acceptors (Lipinski definition) is 6. The maximum Gasteiger partial charge on any atom is 0.320 e. The van der Waals surface area contributed by atoms with Crippen LogP contribution in [0.15, 0.2) is 24.3 Å². The Balaban J connectivity index is 0.000000604. The van der Waals surface area contributed by atoms with Gasteiger partial charge >= 0.3 is 11.9 Å². The van der Waals surface area contributed by atoms with Crippen molar-refractivity contribution in [3.8, 4) is 11.8 Å². The van der Waals surface area contributed by atoms with Crippen LogP contribution in [0, 0.1) is 17.2 Å². The summed E-state index contributed by atoms with van der Waals surface area (Å²) in [7, 11) is 0. The van der Waals surface area contributed by atoms with Gasteiger partial charge in [-0.05, 0) is 50.5 Å². The van der Waals surface area contributed by atoms with Crippen molar-refractivity contribution in [3.63, 3.8) is 0 Å². The molecule has 0 aliphatic heterocycles. The van der Waals surface area contributed by atoms with Gasteiger partial charge in [0.1, 0.15) is 5.75 Å². The van der Waals surface area contributed by atoms with E-state index in [-0.39, 0.29) is 0 Å². The van der Waals surface area contributed by atoms with Gasteiger partial charge in [-0.3, -0.25) is 9.59 Å². The average Bonchev–Trinajstić information content (AvgIpc) is 2.73. The number of ether oxygens (including phenoxy) is 3. The molecule has 162 valence electrons. The Morgan fingerprint density at radius 2 is 1.41 bits per heavy atom. The summed E-state index contributed by atoms with van der Waals surface area (Å²) in [6.07, 6.45) is 4.84. The van der Waals surface area contributed by atoms with E-state index in [1.54, 1.807) is 24.3 Å². The summed E-state index contributed by atoms with van der Waals surface area (Å²) < 4.78 is 15.4. The Hall–Kier alpha value is -2.55. The zero-order valence-electron chi connectivity index (χ0n) is 18.2. The zero-order valence-corrected chi connectivity index (χ0v) is 18.2. The molecule has 1 aromatic rings. The van der Waals surface area contributed by atoms with Crippen molar-refractivity contribution in [3.05, 3.63) is 29.8 Å². The molecule has 0 aliphatic carbocycles. The lowest BCUT2D eigenvalue weighted by Crippen LogP contribution is -2.28. The zero-order chi connectivity index (χ0) is 21.9. The van der Waals surface area contributed by atoms with Gasteiger partial charge in [0.05, 0.1) is 31.5 Å². The summed E-state index contributed by atoms with van der Waals surface area (Å²) in [5, 5.41) is 8.47. The fourth-order valence-corrected chi connectivity index (χ4v) is 2.25. The summed E-state index contributed by atoms with van der Waals surface area (Å²) in [4.78, 5) is 23.5. The number of hydrogen-bond donors (Lipinski definition) is 0. The predicted octanol–water partition coefficient (Wildman–Crippen LogP) is 5.05. The number of benzene rings is 1. The van der Waals surface area contributed by atoms with Gasteiger partial charge < -0.3 is 14.2 Å². The van der Waals surface area contributed by atoms with Crippen LogP contribution in [0.3, 0.4) is 0 Å². The van der Waals surface area contributed by atoms with Crippen molar-refractivity contribution < 1.29 is 23.8 Å². The maximum atomic E-state index is 11.8. The summed E-state index contributed by atoms with van der Waals surface area (Å²) >= 11 is 0. The molecule has 29 heavy (non-hydrogen) atoms. The molecule has 0 amide bonds. The lowest BCUT2D eigenvalue weighted by atomic mass is 10.0. The van der Waals surface area contributed by atoms with E-state index in [1.165, 1.54) is 0 Å². The second kappa shape index (κ2) is 17.5. The van der Waals surface area contributed by atoms with Gasteiger partial charge in [-0.25, -0.2) is 0 Å². The Morgan fingerprint density at radius 3 is 1.79 bits per heavy atom. The van der Waals surface area contributed by atoms with Gasteiger partial charge in [0.2, 0.25) is 0 Å². The van der Waals surface area contributed by atoms with Crippen molar-refractivity contribution in [1.29, 1.82) is 5.26 Å². The van der Waals surface area contributed by atoms with E-state index < -0.39 is 17.9 Å². The first kappa shape index (κ1) is 26.4. The molecule has 0 saturated carbocycles. The van der Waals surface area contributed by atoms with Crippen LogP contribution in [0.1, 0.15) is 71.8 Å². The summed E-state index contributed by atoms with van der Waals surface area (Å²) in [6.45, 7) is 9.35. The normalized spacial score (nSPS) is 9.79. The SMILES string of the molecule is CCCCOC(=O)C(CCC)C(=O)OCCCC.CCOc1ccc(C#N)cc1. The van der Waals surface area contributed by atoms with Crippen LogP contribution in [0.4, 0.5) is 0 Å². The smallest absolute Gasteiger partial charge is 0.320 e. The molecule has 0 unspecified atom stereocenters. The van der Waals surface area contributed by atoms with Crippen LogP contribution in [-0.2, 0) is 19.1 Å². The number of carbonyl (C=O) groups is 2. The van der Waals surface area contributed by atoms with E-state index in [9.17, 15) is 9.59 Å². The highest BCUT2D eigenvalue weighted by Crippen LogP contribution is 2.12. The highest BCUT2D eigenvalue weighted by atomic mass is 16.6. The van der Waals surface area contributed by atoms with Crippen molar-refractivity contribution >= 4 is 11.9 Å². The number of unbranched alkanes of at least 4 members (excludes halogenated alkanes) is 2. The van der Waals surface area contributed by atoms with Crippen LogP contribution in [0.25, 0.3) is 0 Å². The number of esters is 2. The van der Waals surface area contributed by atoms with Crippen LogP contribution < -0.4 is 4.74 Å². The third-order valence-electron chi connectivity index (χ3n) is 3.93. The lowest BCUT2D eigenvalue weighted by molar-refractivity contribution is -0.162. The molecule has 6 heteroatoms. The second-order valence-corrected chi connectivity index (χ2v) is 6.45. The summed E-state index contributed by atoms with van der Waals surface area (Å²) in [6, 6.07) is 9.11. The highest BCUT2D eigenvalue weighted by Gasteiger charge is 2.28. The first-order valence-electron chi connectivity index (χ1n) is 10.5. The van der Waals surface area contributed by atoms with Crippen molar-refractivity contribution in [2.75, 3.05) is 19.8 Å². The minimum absolute atomic E-state index is 0.387. The monoisotopic (exact) mass is 405 g/mol. The molecule has 1 rings (SSSR count). The van der Waals surface area contributed by atoms with Crippen LogP contribution in [-0.4, -0.2) is 31.8 Å². The van der Waals surface area contributed by atoms with Gasteiger partial charge in [-0.1, -0.05) is 40.0 Å². The van der Waals surface area contributed by atoms with Crippen molar-refractivity contribution in [2.45, 2.75) is 66.2 Å². The van der Waals surface area contributed by atoms with E-state index in [2.05, 4.69) is 0 Å². The lowest BCUT2D eigenvalue weighted by Gasteiger charge is -2.14. The molecule has 0 spiro atoms. The molecule has 0 heterocycles. The second-order valence-electron chi connectivity index (χ2n) is 6.45. The molecule has 0 aliphatic rings. The summed E-state index contributed by atoms with van der Waals surface area (Å²) in [5.74, 6) is -0.811. The minimum atomic E-state index is -0.747. The van der Waals surface area contributed by atoms with Gasteiger partial charge in [0, 0.05) is 0 Å². The number of nitriles is 1. The Morgan fingerprint density at radius 1 is 0.897 bits per heavy atom. The van der Waals surface area contributed by atoms with Crippen LogP contribution >= 0.6 is 0 Å². The highest BCUT2D eigenvalue weighted by molar-refractivity contribution is 5.94. The van der Waals surface area contributed by atoms with E-state index in [0.717, 1.165) is 37.9 Å². The topological polar surface area (TPSA) is 85.6 Å². The van der Waals surface area contributed by atoms with Gasteiger partial charge in [0.15, 0.2) is 5.92 Å². The summed E-state index contributed by atoms with van der Waals surface area (Å²) in [5.41, 5.74) is 0.661. The maximum absolute atomic E-state index is 11.8. The van der Waals surface area contributed by atoms with E-state index >= 15 is 0 Å². The van der Waals surface area contributed by atoms with Gasteiger partial charge in [-0.15, -0.1) is 0 Å². The molecular weight excluding hydrogens is 370 g/mol. The van der Waals surface area contributed by atoms with E-state index in [0.29, 0.717) is 31.8 Å².